The van der Waals surface area contributed by atoms with E-state index in [1.54, 1.807) is 12.1 Å². The van der Waals surface area contributed by atoms with Crippen LogP contribution in [0.4, 0.5) is 8.78 Å². The number of carbonyl (C=O) groups excluding carboxylic acids is 1. The standard InChI is InChI=1S/C9H5ClF2N2OS.C6H13N/c10-9(11,12)8-3-6(13-14-8)7-2-1-5(4-15)16-7;1-7-5-3-2-4-6-7/h1-4H,(H,13,14);2-6H2,1H3. The Bertz CT molecular complexity index is 633. The Balaban J connectivity index is 0.000000229. The zero-order valence-electron chi connectivity index (χ0n) is 12.7. The molecule has 3 rings (SSSR count). The van der Waals surface area contributed by atoms with E-state index in [1.807, 2.05) is 0 Å². The van der Waals surface area contributed by atoms with E-state index in [0.29, 0.717) is 21.7 Å². The van der Waals surface area contributed by atoms with E-state index in [1.165, 1.54) is 43.7 Å². The molecule has 1 N–H and O–H groups in total. The minimum absolute atomic E-state index is 0.341. The van der Waals surface area contributed by atoms with Gasteiger partial charge in [-0.05, 0) is 62.8 Å². The number of nitrogens with zero attached hydrogens (tertiary/aromatic N) is 2. The highest BCUT2D eigenvalue weighted by Crippen LogP contribution is 2.34. The lowest BCUT2D eigenvalue weighted by Gasteiger charge is -2.20. The molecule has 126 valence electrons. The van der Waals surface area contributed by atoms with Crippen molar-refractivity contribution in [2.24, 2.45) is 0 Å². The van der Waals surface area contributed by atoms with E-state index in [2.05, 4.69) is 22.1 Å². The Hall–Kier alpha value is -1.31. The van der Waals surface area contributed by atoms with Crippen LogP contribution in [0.25, 0.3) is 10.6 Å². The molecular weight excluding hydrogens is 344 g/mol. The highest BCUT2D eigenvalue weighted by Gasteiger charge is 2.30. The van der Waals surface area contributed by atoms with Gasteiger partial charge in [-0.25, -0.2) is 0 Å². The SMILES string of the molecule is CN1CCCCC1.O=Cc1ccc(-c2cc(C(F)(F)Cl)[nH]n2)s1. The molecule has 0 spiro atoms. The van der Waals surface area contributed by atoms with Crippen molar-refractivity contribution >= 4 is 29.2 Å². The lowest BCUT2D eigenvalue weighted by atomic mass is 10.1. The van der Waals surface area contributed by atoms with Gasteiger partial charge in [0.05, 0.1) is 9.75 Å². The van der Waals surface area contributed by atoms with Crippen molar-refractivity contribution in [3.63, 3.8) is 0 Å². The molecule has 1 aliphatic heterocycles. The van der Waals surface area contributed by atoms with Crippen molar-refractivity contribution in [2.45, 2.75) is 24.6 Å². The monoisotopic (exact) mass is 361 g/mol. The fraction of sp³-hybridized carbons (Fsp3) is 0.467. The molecule has 1 aliphatic rings. The highest BCUT2D eigenvalue weighted by molar-refractivity contribution is 7.17. The quantitative estimate of drug-likeness (QED) is 0.653. The van der Waals surface area contributed by atoms with E-state index in [9.17, 15) is 13.6 Å². The maximum absolute atomic E-state index is 12.7. The number of likely N-dealkylation sites (tertiary alicyclic amines) is 1. The largest absolute Gasteiger partial charge is 0.364 e. The van der Waals surface area contributed by atoms with Crippen LogP contribution >= 0.6 is 22.9 Å². The Labute approximate surface area is 142 Å². The molecule has 1 fully saturated rings. The van der Waals surface area contributed by atoms with Crippen molar-refractivity contribution < 1.29 is 13.6 Å². The lowest BCUT2D eigenvalue weighted by molar-refractivity contribution is 0.0899. The molecule has 8 heteroatoms. The second-order valence-corrected chi connectivity index (χ2v) is 6.94. The van der Waals surface area contributed by atoms with Gasteiger partial charge in [-0.3, -0.25) is 9.89 Å². The van der Waals surface area contributed by atoms with Crippen LogP contribution in [0.3, 0.4) is 0 Å². The molecule has 3 heterocycles. The number of aromatic nitrogens is 2. The van der Waals surface area contributed by atoms with E-state index < -0.39 is 11.1 Å². The molecule has 0 radical (unpaired) electrons. The molecule has 0 bridgehead atoms. The second-order valence-electron chi connectivity index (χ2n) is 5.35. The number of carbonyl (C=O) groups is 1. The first-order valence-corrected chi connectivity index (χ1v) is 8.46. The van der Waals surface area contributed by atoms with Gasteiger partial charge >= 0.3 is 5.38 Å². The maximum atomic E-state index is 12.7. The van der Waals surface area contributed by atoms with Crippen LogP contribution in [0.5, 0.6) is 0 Å². The lowest BCUT2D eigenvalue weighted by Crippen LogP contribution is -2.24. The van der Waals surface area contributed by atoms with Gasteiger partial charge in [0.25, 0.3) is 0 Å². The smallest absolute Gasteiger partial charge is 0.306 e. The van der Waals surface area contributed by atoms with E-state index in [-0.39, 0.29) is 0 Å². The van der Waals surface area contributed by atoms with Crippen LogP contribution in [0, 0.1) is 0 Å². The van der Waals surface area contributed by atoms with Gasteiger partial charge in [0.1, 0.15) is 11.4 Å². The van der Waals surface area contributed by atoms with Gasteiger partial charge in [-0.15, -0.1) is 11.3 Å². The molecule has 0 aromatic carbocycles. The summed E-state index contributed by atoms with van der Waals surface area (Å²) in [6, 6.07) is 4.40. The van der Waals surface area contributed by atoms with Gasteiger partial charge in [0.2, 0.25) is 0 Å². The molecule has 2 aromatic heterocycles. The van der Waals surface area contributed by atoms with Crippen molar-refractivity contribution in [1.29, 1.82) is 0 Å². The average Bonchev–Trinajstić information content (AvgIpc) is 3.17. The molecule has 0 amide bonds. The van der Waals surface area contributed by atoms with Crippen LogP contribution in [0.15, 0.2) is 18.2 Å². The zero-order chi connectivity index (χ0) is 16.9. The predicted molar refractivity (Wildman–Crippen MR) is 88.4 cm³/mol. The summed E-state index contributed by atoms with van der Waals surface area (Å²) in [5.74, 6) is 0. The Morgan fingerprint density at radius 1 is 1.35 bits per heavy atom. The highest BCUT2D eigenvalue weighted by atomic mass is 35.5. The van der Waals surface area contributed by atoms with E-state index >= 15 is 0 Å². The Kier molecular flexibility index (Phi) is 6.26. The first kappa shape index (κ1) is 18.0. The molecule has 23 heavy (non-hydrogen) atoms. The molecule has 0 atom stereocenters. The molecule has 2 aromatic rings. The first-order chi connectivity index (χ1) is 10.9. The summed E-state index contributed by atoms with van der Waals surface area (Å²) in [6.07, 6.45) is 4.97. The molecule has 1 saturated heterocycles. The molecule has 0 aliphatic carbocycles. The number of hydrogen-bond donors (Lipinski definition) is 1. The molecular formula is C15H18ClF2N3OS. The number of thiophene rings is 1. The number of aldehydes is 1. The third-order valence-electron chi connectivity index (χ3n) is 3.46. The third-order valence-corrected chi connectivity index (χ3v) is 4.70. The Morgan fingerprint density at radius 3 is 2.48 bits per heavy atom. The second kappa shape index (κ2) is 7.99. The average molecular weight is 362 g/mol. The number of nitrogens with one attached hydrogen (secondary N) is 1. The van der Waals surface area contributed by atoms with Gasteiger partial charge in [0, 0.05) is 0 Å². The summed E-state index contributed by atoms with van der Waals surface area (Å²) in [7, 11) is 2.19. The summed E-state index contributed by atoms with van der Waals surface area (Å²) in [5.41, 5.74) is -0.126. The molecule has 4 nitrogen and oxygen atoms in total. The van der Waals surface area contributed by atoms with Crippen LogP contribution in [0.2, 0.25) is 0 Å². The Morgan fingerprint density at radius 2 is 2.04 bits per heavy atom. The van der Waals surface area contributed by atoms with Crippen LogP contribution in [-0.4, -0.2) is 41.5 Å². The van der Waals surface area contributed by atoms with Crippen molar-refractivity contribution in [2.75, 3.05) is 20.1 Å². The normalized spacial score (nSPS) is 15.8. The number of hydrogen-bond acceptors (Lipinski definition) is 4. The first-order valence-electron chi connectivity index (χ1n) is 7.26. The number of rotatable bonds is 3. The van der Waals surface area contributed by atoms with E-state index in [4.69, 9.17) is 11.6 Å². The van der Waals surface area contributed by atoms with Crippen LogP contribution in [-0.2, 0) is 5.38 Å². The van der Waals surface area contributed by atoms with Gasteiger partial charge < -0.3 is 4.90 Å². The summed E-state index contributed by atoms with van der Waals surface area (Å²) in [5, 5.41) is 2.40. The molecule has 0 unspecified atom stereocenters. The van der Waals surface area contributed by atoms with Gasteiger partial charge in [0.15, 0.2) is 6.29 Å². The number of alkyl halides is 3. The molecule has 0 saturated carbocycles. The summed E-state index contributed by atoms with van der Waals surface area (Å²) < 4.78 is 25.4. The third kappa shape index (κ3) is 5.37. The summed E-state index contributed by atoms with van der Waals surface area (Å²) in [4.78, 5) is 14.0. The topological polar surface area (TPSA) is 49.0 Å². The van der Waals surface area contributed by atoms with Crippen LogP contribution < -0.4 is 0 Å². The van der Waals surface area contributed by atoms with Gasteiger partial charge in [-0.2, -0.15) is 13.9 Å². The van der Waals surface area contributed by atoms with E-state index in [0.717, 1.165) is 6.07 Å². The minimum Gasteiger partial charge on any atom is -0.306 e. The zero-order valence-corrected chi connectivity index (χ0v) is 14.3. The van der Waals surface area contributed by atoms with Crippen molar-refractivity contribution in [3.8, 4) is 10.6 Å². The fourth-order valence-corrected chi connectivity index (χ4v) is 3.08. The number of piperidine rings is 1. The maximum Gasteiger partial charge on any atom is 0.364 e. The summed E-state index contributed by atoms with van der Waals surface area (Å²) in [6.45, 7) is 2.64. The van der Waals surface area contributed by atoms with Crippen molar-refractivity contribution in [1.82, 2.24) is 15.1 Å². The van der Waals surface area contributed by atoms with Crippen molar-refractivity contribution in [3.05, 3.63) is 28.8 Å². The minimum atomic E-state index is -3.46. The number of halogens is 3. The number of H-pyrrole nitrogens is 1. The van der Waals surface area contributed by atoms with Gasteiger partial charge in [-0.1, -0.05) is 6.42 Å². The predicted octanol–water partition coefficient (Wildman–Crippen LogP) is 4.34. The number of aromatic amines is 1. The fourth-order valence-electron chi connectivity index (χ4n) is 2.20. The van der Waals surface area contributed by atoms with Crippen LogP contribution in [0.1, 0.15) is 34.6 Å². The summed E-state index contributed by atoms with van der Waals surface area (Å²) >= 11 is 6.01.